The Balaban J connectivity index is 1.65. The number of nitrogens with one attached hydrogen (secondary N) is 2. The third kappa shape index (κ3) is 5.38. The number of aromatic hydroxyl groups is 1. The average Bonchev–Trinajstić information content (AvgIpc) is 3.34. The Kier molecular flexibility index (Phi) is 7.27. The van der Waals surface area contributed by atoms with Crippen molar-refractivity contribution < 1.29 is 23.0 Å². The molecule has 0 saturated carbocycles. The number of halogens is 3. The van der Waals surface area contributed by atoms with Crippen molar-refractivity contribution in [2.24, 2.45) is 4.99 Å². The number of hydrogen-bond acceptors (Lipinski definition) is 5. The summed E-state index contributed by atoms with van der Waals surface area (Å²) in [5, 5.41) is 12.2. The molecule has 2 heterocycles. The van der Waals surface area contributed by atoms with E-state index in [0.717, 1.165) is 34.2 Å². The maximum absolute atomic E-state index is 13.8. The lowest BCUT2D eigenvalue weighted by molar-refractivity contribution is -0.137. The van der Waals surface area contributed by atoms with Crippen molar-refractivity contribution in [1.29, 1.82) is 0 Å². The van der Waals surface area contributed by atoms with Crippen LogP contribution in [0.25, 0.3) is 16.6 Å². The van der Waals surface area contributed by atoms with Gasteiger partial charge in [-0.25, -0.2) is 9.36 Å². The largest absolute Gasteiger partial charge is 0.497 e. The SMILES string of the molecule is COc1ccc2[nH]cc(CCN=C(c3ccc(C)cc3)c3c(O)n(-c4ccccc4C(F)(F)F)c(=O)[nH]c3=O)c2c1. The number of aryl methyl sites for hydroxylation is 1. The van der Waals surface area contributed by atoms with Crippen LogP contribution in [-0.4, -0.2) is 39.0 Å². The van der Waals surface area contributed by atoms with E-state index in [4.69, 9.17) is 4.74 Å². The maximum atomic E-state index is 13.8. The maximum Gasteiger partial charge on any atom is 0.418 e. The monoisotopic (exact) mass is 562 g/mol. The fourth-order valence-corrected chi connectivity index (χ4v) is 4.68. The van der Waals surface area contributed by atoms with Crippen LogP contribution >= 0.6 is 0 Å². The average molecular weight is 563 g/mol. The van der Waals surface area contributed by atoms with Gasteiger partial charge in [-0.05, 0) is 49.2 Å². The number of methoxy groups -OCH3 is 1. The zero-order valence-electron chi connectivity index (χ0n) is 22.0. The lowest BCUT2D eigenvalue weighted by Crippen LogP contribution is -2.34. The summed E-state index contributed by atoms with van der Waals surface area (Å²) < 4.78 is 47.1. The Morgan fingerprint density at radius 2 is 1.78 bits per heavy atom. The fraction of sp³-hybridized carbons (Fsp3) is 0.167. The standard InChI is InChI=1S/C30H25F3N4O4/c1-17-7-9-18(10-8-17)26(34-14-13-19-16-35-23-12-11-20(41-2)15-21(19)23)25-27(38)36-29(40)37(28(25)39)24-6-4-3-5-22(24)30(31,32)33/h3-12,15-16,35,39H,13-14H2,1-2H3,(H,36,38,40). The molecule has 0 atom stereocenters. The number of para-hydroxylation sites is 1. The molecule has 3 aromatic carbocycles. The Morgan fingerprint density at radius 1 is 1.05 bits per heavy atom. The third-order valence-corrected chi connectivity index (χ3v) is 6.72. The van der Waals surface area contributed by atoms with Gasteiger partial charge in [0, 0.05) is 29.2 Å². The third-order valence-electron chi connectivity index (χ3n) is 6.72. The second-order valence-electron chi connectivity index (χ2n) is 9.38. The molecule has 0 aliphatic carbocycles. The van der Waals surface area contributed by atoms with E-state index >= 15 is 0 Å². The number of aromatic nitrogens is 3. The Bertz CT molecular complexity index is 1880. The summed E-state index contributed by atoms with van der Waals surface area (Å²) in [4.78, 5) is 35.7. The van der Waals surface area contributed by atoms with Crippen molar-refractivity contribution in [3.63, 3.8) is 0 Å². The van der Waals surface area contributed by atoms with E-state index in [-0.39, 0.29) is 12.3 Å². The molecule has 0 aliphatic heterocycles. The van der Waals surface area contributed by atoms with Crippen molar-refractivity contribution in [3.8, 4) is 17.3 Å². The number of aliphatic imine (C=N–C) groups is 1. The minimum atomic E-state index is -4.82. The number of rotatable bonds is 7. The number of ether oxygens (including phenoxy) is 1. The molecule has 0 amide bonds. The van der Waals surface area contributed by atoms with Crippen LogP contribution < -0.4 is 16.0 Å². The van der Waals surface area contributed by atoms with Gasteiger partial charge in [0.05, 0.1) is 24.1 Å². The van der Waals surface area contributed by atoms with Gasteiger partial charge in [0.15, 0.2) is 0 Å². The smallest absolute Gasteiger partial charge is 0.418 e. The highest BCUT2D eigenvalue weighted by atomic mass is 19.4. The summed E-state index contributed by atoms with van der Waals surface area (Å²) in [7, 11) is 1.57. The summed E-state index contributed by atoms with van der Waals surface area (Å²) in [5.41, 5.74) is -1.20. The predicted molar refractivity (Wildman–Crippen MR) is 150 cm³/mol. The minimum Gasteiger partial charge on any atom is -0.497 e. The van der Waals surface area contributed by atoms with E-state index in [0.29, 0.717) is 22.3 Å². The zero-order valence-corrected chi connectivity index (χ0v) is 22.0. The van der Waals surface area contributed by atoms with Crippen LogP contribution in [0.3, 0.4) is 0 Å². The summed E-state index contributed by atoms with van der Waals surface area (Å²) in [6.07, 6.45) is -2.56. The van der Waals surface area contributed by atoms with Gasteiger partial charge in [-0.2, -0.15) is 13.2 Å². The fourth-order valence-electron chi connectivity index (χ4n) is 4.68. The lowest BCUT2D eigenvalue weighted by atomic mass is 10.0. The molecule has 0 unspecified atom stereocenters. The highest BCUT2D eigenvalue weighted by Crippen LogP contribution is 2.34. The first-order valence-electron chi connectivity index (χ1n) is 12.6. The number of H-pyrrole nitrogens is 2. The predicted octanol–water partition coefficient (Wildman–Crippen LogP) is 5.13. The molecule has 0 radical (unpaired) electrons. The van der Waals surface area contributed by atoms with Crippen LogP contribution in [0.4, 0.5) is 13.2 Å². The molecule has 5 rings (SSSR count). The normalized spacial score (nSPS) is 12.2. The summed E-state index contributed by atoms with van der Waals surface area (Å²) in [6, 6.07) is 16.8. The Morgan fingerprint density at radius 3 is 2.49 bits per heavy atom. The van der Waals surface area contributed by atoms with Crippen LogP contribution in [0, 0.1) is 6.92 Å². The van der Waals surface area contributed by atoms with E-state index in [9.17, 15) is 27.9 Å². The highest BCUT2D eigenvalue weighted by Gasteiger charge is 2.35. The molecular weight excluding hydrogens is 537 g/mol. The molecule has 41 heavy (non-hydrogen) atoms. The van der Waals surface area contributed by atoms with Gasteiger partial charge in [-0.15, -0.1) is 0 Å². The van der Waals surface area contributed by atoms with Crippen LogP contribution in [0.5, 0.6) is 11.6 Å². The summed E-state index contributed by atoms with van der Waals surface area (Å²) >= 11 is 0. The van der Waals surface area contributed by atoms with Gasteiger partial charge in [0.2, 0.25) is 5.88 Å². The number of fused-ring (bicyclic) bond motifs is 1. The Labute approximate surface area is 231 Å². The van der Waals surface area contributed by atoms with Crippen LogP contribution in [0.1, 0.15) is 27.8 Å². The summed E-state index contributed by atoms with van der Waals surface area (Å²) in [6.45, 7) is 2.02. The molecule has 0 fully saturated rings. The van der Waals surface area contributed by atoms with Crippen molar-refractivity contribution in [2.45, 2.75) is 19.5 Å². The molecule has 11 heteroatoms. The van der Waals surface area contributed by atoms with Gasteiger partial charge in [0.25, 0.3) is 5.56 Å². The molecular formula is C30H25F3N4O4. The van der Waals surface area contributed by atoms with Gasteiger partial charge < -0.3 is 14.8 Å². The number of alkyl halides is 3. The van der Waals surface area contributed by atoms with Gasteiger partial charge in [0.1, 0.15) is 11.3 Å². The second-order valence-corrected chi connectivity index (χ2v) is 9.38. The quantitative estimate of drug-likeness (QED) is 0.239. The van der Waals surface area contributed by atoms with E-state index in [1.54, 1.807) is 31.4 Å². The highest BCUT2D eigenvalue weighted by molar-refractivity contribution is 6.14. The minimum absolute atomic E-state index is 0.0272. The number of hydrogen-bond donors (Lipinski definition) is 3. The van der Waals surface area contributed by atoms with E-state index in [1.165, 1.54) is 12.1 Å². The van der Waals surface area contributed by atoms with Gasteiger partial charge in [-0.3, -0.25) is 14.8 Å². The molecule has 3 N–H and O–H groups in total. The van der Waals surface area contributed by atoms with Crippen LogP contribution in [0.15, 0.2) is 87.5 Å². The van der Waals surface area contributed by atoms with Gasteiger partial charge in [-0.1, -0.05) is 42.0 Å². The van der Waals surface area contributed by atoms with Crippen molar-refractivity contribution in [2.75, 3.05) is 13.7 Å². The number of benzene rings is 3. The Hall–Kier alpha value is -5.06. The number of aromatic amines is 2. The number of nitrogens with zero attached hydrogens (tertiary/aromatic N) is 2. The van der Waals surface area contributed by atoms with Crippen molar-refractivity contribution in [1.82, 2.24) is 14.5 Å². The van der Waals surface area contributed by atoms with Crippen molar-refractivity contribution in [3.05, 3.63) is 122 Å². The first kappa shape index (κ1) is 27.5. The van der Waals surface area contributed by atoms with Crippen LogP contribution in [-0.2, 0) is 12.6 Å². The summed E-state index contributed by atoms with van der Waals surface area (Å²) in [5.74, 6) is -0.272. The molecule has 0 aliphatic rings. The zero-order chi connectivity index (χ0) is 29.3. The van der Waals surface area contributed by atoms with Gasteiger partial charge >= 0.3 is 11.9 Å². The first-order valence-corrected chi connectivity index (χ1v) is 12.6. The second kappa shape index (κ2) is 10.8. The van der Waals surface area contributed by atoms with Crippen molar-refractivity contribution >= 4 is 16.6 Å². The topological polar surface area (TPSA) is 112 Å². The van der Waals surface area contributed by atoms with E-state index < -0.39 is 40.1 Å². The molecule has 0 saturated heterocycles. The molecule has 2 aromatic heterocycles. The lowest BCUT2D eigenvalue weighted by Gasteiger charge is -2.17. The van der Waals surface area contributed by atoms with E-state index in [1.807, 2.05) is 31.3 Å². The first-order chi connectivity index (χ1) is 19.6. The van der Waals surface area contributed by atoms with Crippen LogP contribution in [0.2, 0.25) is 0 Å². The molecule has 0 spiro atoms. The molecule has 5 aromatic rings. The molecule has 210 valence electrons. The molecule has 0 bridgehead atoms. The van der Waals surface area contributed by atoms with E-state index in [2.05, 4.69) is 15.0 Å². The molecule has 8 nitrogen and oxygen atoms in total.